The second kappa shape index (κ2) is 9.14. The number of amides is 1. The molecule has 154 valence electrons. The largest absolute Gasteiger partial charge is 0.357 e. The van der Waals surface area contributed by atoms with Crippen LogP contribution >= 0.6 is 24.0 Å². The molecule has 2 fully saturated rings. The number of anilines is 1. The van der Waals surface area contributed by atoms with Crippen LogP contribution in [0.25, 0.3) is 6.08 Å². The van der Waals surface area contributed by atoms with Crippen LogP contribution in [0.5, 0.6) is 0 Å². The molecule has 1 amide bonds. The van der Waals surface area contributed by atoms with E-state index in [1.165, 1.54) is 11.8 Å². The molecule has 2 aliphatic heterocycles. The van der Waals surface area contributed by atoms with Gasteiger partial charge in [0.1, 0.15) is 21.8 Å². The van der Waals surface area contributed by atoms with E-state index in [0.717, 1.165) is 50.2 Å². The Morgan fingerprint density at radius 2 is 1.93 bits per heavy atom. The summed E-state index contributed by atoms with van der Waals surface area (Å²) in [6, 6.07) is 2.09. The molecule has 3 heterocycles. The van der Waals surface area contributed by atoms with E-state index < -0.39 is 0 Å². The summed E-state index contributed by atoms with van der Waals surface area (Å²) in [5.74, 6) is 0.721. The van der Waals surface area contributed by atoms with Crippen molar-refractivity contribution in [3.63, 3.8) is 0 Å². The van der Waals surface area contributed by atoms with E-state index in [0.29, 0.717) is 27.9 Å². The first-order valence-corrected chi connectivity index (χ1v) is 11.3. The van der Waals surface area contributed by atoms with Crippen molar-refractivity contribution in [2.45, 2.75) is 53.0 Å². The average Bonchev–Trinajstić information content (AvgIpc) is 3.31. The van der Waals surface area contributed by atoms with Crippen LogP contribution in [-0.2, 0) is 11.3 Å². The van der Waals surface area contributed by atoms with Crippen molar-refractivity contribution in [2.24, 2.45) is 0 Å². The highest BCUT2D eigenvalue weighted by Crippen LogP contribution is 2.36. The molecular weight excluding hydrogens is 404 g/mol. The van der Waals surface area contributed by atoms with Crippen molar-refractivity contribution >= 4 is 46.1 Å². The molecule has 3 rings (SSSR count). The van der Waals surface area contributed by atoms with Crippen LogP contribution in [0, 0.1) is 18.3 Å². The quantitative estimate of drug-likeness (QED) is 0.507. The van der Waals surface area contributed by atoms with Gasteiger partial charge in [-0.2, -0.15) is 5.26 Å². The normalized spacial score (nSPS) is 18.2. The maximum Gasteiger partial charge on any atom is 0.270 e. The van der Waals surface area contributed by atoms with Gasteiger partial charge < -0.3 is 4.90 Å². The van der Waals surface area contributed by atoms with Crippen LogP contribution in [0.1, 0.15) is 56.2 Å². The highest BCUT2D eigenvalue weighted by atomic mass is 32.2. The summed E-state index contributed by atoms with van der Waals surface area (Å²) in [5.41, 5.74) is 1.34. The van der Waals surface area contributed by atoms with Crippen LogP contribution in [0.15, 0.2) is 9.70 Å². The fourth-order valence-corrected chi connectivity index (χ4v) is 5.21. The van der Waals surface area contributed by atoms with Crippen LogP contribution in [0.3, 0.4) is 0 Å². The lowest BCUT2D eigenvalue weighted by Crippen LogP contribution is -2.33. The van der Waals surface area contributed by atoms with Gasteiger partial charge in [-0.15, -0.1) is 0 Å². The molecule has 0 bridgehead atoms. The number of nitriles is 1. The number of rotatable bonds is 6. The van der Waals surface area contributed by atoms with Crippen molar-refractivity contribution in [3.05, 3.63) is 31.9 Å². The SMILES string of the molecule is CCCCn1c(N2CCCC2)c(/C=C2/SC(=S)N(CC)C2=O)c(C)c(C#N)c1=O. The Kier molecular flexibility index (Phi) is 6.81. The van der Waals surface area contributed by atoms with E-state index in [1.54, 1.807) is 16.4 Å². The Hall–Kier alpha value is -2.11. The minimum Gasteiger partial charge on any atom is -0.357 e. The van der Waals surface area contributed by atoms with E-state index >= 15 is 0 Å². The first-order chi connectivity index (χ1) is 13.9. The minimum atomic E-state index is -0.237. The molecule has 1 aromatic heterocycles. The maximum atomic E-state index is 13.1. The number of carbonyl (C=O) groups is 1. The maximum absolute atomic E-state index is 13.1. The van der Waals surface area contributed by atoms with Gasteiger partial charge in [-0.1, -0.05) is 37.3 Å². The smallest absolute Gasteiger partial charge is 0.270 e. The molecular formula is C21H26N4O2S2. The van der Waals surface area contributed by atoms with Crippen LogP contribution in [0.2, 0.25) is 0 Å². The molecule has 2 saturated heterocycles. The van der Waals surface area contributed by atoms with Crippen molar-refractivity contribution in [1.29, 1.82) is 5.26 Å². The average molecular weight is 431 g/mol. The van der Waals surface area contributed by atoms with Gasteiger partial charge in [0.15, 0.2) is 0 Å². The highest BCUT2D eigenvalue weighted by molar-refractivity contribution is 8.26. The number of hydrogen-bond donors (Lipinski definition) is 0. The second-order valence-corrected chi connectivity index (χ2v) is 8.96. The van der Waals surface area contributed by atoms with Gasteiger partial charge in [0, 0.05) is 31.7 Å². The van der Waals surface area contributed by atoms with Gasteiger partial charge in [0.05, 0.1) is 4.91 Å². The Morgan fingerprint density at radius 1 is 1.24 bits per heavy atom. The van der Waals surface area contributed by atoms with E-state index in [-0.39, 0.29) is 17.0 Å². The van der Waals surface area contributed by atoms with Crippen molar-refractivity contribution in [2.75, 3.05) is 24.5 Å². The van der Waals surface area contributed by atoms with Gasteiger partial charge in [-0.3, -0.25) is 19.1 Å². The fourth-order valence-electron chi connectivity index (χ4n) is 3.84. The monoisotopic (exact) mass is 430 g/mol. The van der Waals surface area contributed by atoms with Gasteiger partial charge in [-0.25, -0.2) is 0 Å². The fraction of sp³-hybridized carbons (Fsp3) is 0.524. The summed E-state index contributed by atoms with van der Waals surface area (Å²) in [7, 11) is 0. The van der Waals surface area contributed by atoms with Gasteiger partial charge >= 0.3 is 0 Å². The summed E-state index contributed by atoms with van der Waals surface area (Å²) in [5, 5.41) is 9.67. The number of unbranched alkanes of at least 4 members (excludes halogenated alkanes) is 1. The molecule has 2 aliphatic rings. The third kappa shape index (κ3) is 3.99. The van der Waals surface area contributed by atoms with Gasteiger partial charge in [-0.05, 0) is 44.7 Å². The lowest BCUT2D eigenvalue weighted by atomic mass is 10.0. The van der Waals surface area contributed by atoms with Crippen LogP contribution in [-0.4, -0.2) is 39.3 Å². The Morgan fingerprint density at radius 3 is 2.48 bits per heavy atom. The summed E-state index contributed by atoms with van der Waals surface area (Å²) >= 11 is 6.63. The number of pyridine rings is 1. The standard InChI is InChI=1S/C21H26N4O2S2/c1-4-6-11-25-18(23-9-7-8-10-23)15(14(3)16(13-22)19(25)26)12-17-20(27)24(5-2)21(28)29-17/h12H,4-11H2,1-3H3/b17-12+. The van der Waals surface area contributed by atoms with Crippen LogP contribution in [0.4, 0.5) is 5.82 Å². The third-order valence-electron chi connectivity index (χ3n) is 5.45. The molecule has 0 spiro atoms. The number of likely N-dealkylation sites (N-methyl/N-ethyl adjacent to an activating group) is 1. The van der Waals surface area contributed by atoms with Crippen molar-refractivity contribution in [3.8, 4) is 6.07 Å². The molecule has 29 heavy (non-hydrogen) atoms. The number of thiocarbonyl (C=S) groups is 1. The number of thioether (sulfide) groups is 1. The predicted octanol–water partition coefficient (Wildman–Crippen LogP) is 3.65. The number of hydrogen-bond acceptors (Lipinski definition) is 6. The Labute approximate surface area is 181 Å². The van der Waals surface area contributed by atoms with Crippen molar-refractivity contribution < 1.29 is 4.79 Å². The zero-order chi connectivity index (χ0) is 21.1. The molecule has 1 aromatic rings. The zero-order valence-electron chi connectivity index (χ0n) is 17.2. The van der Waals surface area contributed by atoms with Gasteiger partial charge in [0.25, 0.3) is 11.5 Å². The Bertz CT molecular complexity index is 968. The predicted molar refractivity (Wildman–Crippen MR) is 122 cm³/mol. The summed E-state index contributed by atoms with van der Waals surface area (Å²) < 4.78 is 2.29. The molecule has 0 aliphatic carbocycles. The molecule has 0 unspecified atom stereocenters. The summed E-state index contributed by atoms with van der Waals surface area (Å²) in [6.07, 6.45) is 5.77. The van der Waals surface area contributed by atoms with E-state index in [4.69, 9.17) is 12.2 Å². The molecule has 6 nitrogen and oxygen atoms in total. The van der Waals surface area contributed by atoms with E-state index in [9.17, 15) is 14.9 Å². The molecule has 8 heteroatoms. The molecule has 0 radical (unpaired) electrons. The first-order valence-electron chi connectivity index (χ1n) is 10.1. The lowest BCUT2D eigenvalue weighted by molar-refractivity contribution is -0.121. The lowest BCUT2D eigenvalue weighted by Gasteiger charge is -2.27. The second-order valence-electron chi connectivity index (χ2n) is 7.28. The topological polar surface area (TPSA) is 69.3 Å². The van der Waals surface area contributed by atoms with Crippen LogP contribution < -0.4 is 10.5 Å². The highest BCUT2D eigenvalue weighted by Gasteiger charge is 2.32. The summed E-state index contributed by atoms with van der Waals surface area (Å²) in [4.78, 5) is 30.2. The Balaban J connectivity index is 2.25. The van der Waals surface area contributed by atoms with Crippen molar-refractivity contribution in [1.82, 2.24) is 9.47 Å². The first kappa shape index (κ1) is 21.6. The van der Waals surface area contributed by atoms with Gasteiger partial charge in [0.2, 0.25) is 0 Å². The van der Waals surface area contributed by atoms with E-state index in [1.807, 2.05) is 13.0 Å². The minimum absolute atomic E-state index is 0.112. The number of aromatic nitrogens is 1. The number of nitrogens with zero attached hydrogens (tertiary/aromatic N) is 4. The molecule has 0 atom stereocenters. The molecule has 0 N–H and O–H groups in total. The summed E-state index contributed by atoms with van der Waals surface area (Å²) in [6.45, 7) is 8.61. The number of carbonyl (C=O) groups excluding carboxylic acids is 1. The molecule has 0 aromatic carbocycles. The zero-order valence-corrected chi connectivity index (χ0v) is 18.8. The third-order valence-corrected chi connectivity index (χ3v) is 6.83. The van der Waals surface area contributed by atoms with E-state index in [2.05, 4.69) is 17.9 Å². The molecule has 0 saturated carbocycles.